The minimum atomic E-state index is -0.370. The van der Waals surface area contributed by atoms with Gasteiger partial charge in [0.2, 0.25) is 0 Å². The fourth-order valence-electron chi connectivity index (χ4n) is 2.06. The summed E-state index contributed by atoms with van der Waals surface area (Å²) in [4.78, 5) is 10.5. The highest BCUT2D eigenvalue weighted by molar-refractivity contribution is 5.62. The Hall–Kier alpha value is -1.62. The second-order valence-electron chi connectivity index (χ2n) is 4.65. The minimum absolute atomic E-state index is 0.116. The van der Waals surface area contributed by atoms with Gasteiger partial charge in [0.15, 0.2) is 0 Å². The molecule has 0 amide bonds. The van der Waals surface area contributed by atoms with Gasteiger partial charge in [-0.2, -0.15) is 0 Å². The van der Waals surface area contributed by atoms with E-state index in [1.165, 1.54) is 0 Å². The van der Waals surface area contributed by atoms with E-state index in [1.807, 2.05) is 13.0 Å². The lowest BCUT2D eigenvalue weighted by molar-refractivity contribution is -0.384. The molecule has 0 heterocycles. The molecule has 1 aromatic rings. The number of aliphatic hydroxyl groups excluding tert-OH is 1. The molecule has 1 aromatic carbocycles. The zero-order valence-corrected chi connectivity index (χ0v) is 9.72. The van der Waals surface area contributed by atoms with Crippen LogP contribution in [0.4, 0.5) is 11.4 Å². The summed E-state index contributed by atoms with van der Waals surface area (Å²) in [5, 5.41) is 23.1. The predicted molar refractivity (Wildman–Crippen MR) is 65.1 cm³/mol. The topological polar surface area (TPSA) is 75.4 Å². The fraction of sp³-hybridized carbons (Fsp3) is 0.500. The molecule has 0 radical (unpaired) electrons. The number of benzene rings is 1. The number of hydrogen-bond acceptors (Lipinski definition) is 4. The molecular weight excluding hydrogens is 220 g/mol. The summed E-state index contributed by atoms with van der Waals surface area (Å²) < 4.78 is 0. The van der Waals surface area contributed by atoms with Crippen LogP contribution in [0.2, 0.25) is 0 Å². The first-order valence-electron chi connectivity index (χ1n) is 5.73. The lowest BCUT2D eigenvalue weighted by Gasteiger charge is -2.31. The van der Waals surface area contributed by atoms with Crippen LogP contribution in [0, 0.1) is 23.0 Å². The van der Waals surface area contributed by atoms with Crippen LogP contribution in [-0.4, -0.2) is 22.7 Å². The molecule has 2 rings (SSSR count). The Morgan fingerprint density at radius 3 is 2.82 bits per heavy atom. The Balaban J connectivity index is 2.02. The largest absolute Gasteiger partial charge is 0.393 e. The number of nitrogens with one attached hydrogen (secondary N) is 1. The molecule has 0 spiro atoms. The van der Waals surface area contributed by atoms with E-state index in [1.54, 1.807) is 12.1 Å². The van der Waals surface area contributed by atoms with Crippen molar-refractivity contribution in [2.24, 2.45) is 5.92 Å². The highest BCUT2D eigenvalue weighted by Crippen LogP contribution is 2.30. The highest BCUT2D eigenvalue weighted by Gasteiger charge is 2.27. The van der Waals surface area contributed by atoms with E-state index in [4.69, 9.17) is 5.11 Å². The molecule has 1 aliphatic carbocycles. The Morgan fingerprint density at radius 2 is 2.24 bits per heavy atom. The quantitative estimate of drug-likeness (QED) is 0.620. The molecule has 1 aliphatic rings. The normalized spacial score (nSPS) is 22.9. The molecule has 0 atom stereocenters. The van der Waals surface area contributed by atoms with Crippen LogP contribution in [0.5, 0.6) is 0 Å². The van der Waals surface area contributed by atoms with Gasteiger partial charge in [0.05, 0.1) is 11.0 Å². The van der Waals surface area contributed by atoms with Gasteiger partial charge in [-0.05, 0) is 37.3 Å². The van der Waals surface area contributed by atoms with Crippen molar-refractivity contribution < 1.29 is 10.0 Å². The minimum Gasteiger partial charge on any atom is -0.393 e. The lowest BCUT2D eigenvalue weighted by atomic mass is 9.82. The third-order valence-corrected chi connectivity index (χ3v) is 3.14. The van der Waals surface area contributed by atoms with Crippen molar-refractivity contribution in [3.8, 4) is 0 Å². The van der Waals surface area contributed by atoms with Crippen LogP contribution >= 0.6 is 0 Å². The first kappa shape index (κ1) is 11.9. The maximum atomic E-state index is 10.9. The van der Waals surface area contributed by atoms with Gasteiger partial charge in [0, 0.05) is 12.6 Å². The molecule has 17 heavy (non-hydrogen) atoms. The van der Waals surface area contributed by atoms with Gasteiger partial charge < -0.3 is 10.4 Å². The molecule has 2 N–H and O–H groups in total. The van der Waals surface area contributed by atoms with Crippen molar-refractivity contribution in [3.05, 3.63) is 33.9 Å². The van der Waals surface area contributed by atoms with Gasteiger partial charge >= 0.3 is 0 Å². The molecule has 0 bridgehead atoms. The van der Waals surface area contributed by atoms with Gasteiger partial charge in [-0.1, -0.05) is 6.07 Å². The maximum Gasteiger partial charge on any atom is 0.292 e. The van der Waals surface area contributed by atoms with Gasteiger partial charge in [-0.3, -0.25) is 10.1 Å². The van der Waals surface area contributed by atoms with E-state index in [9.17, 15) is 10.1 Å². The zero-order valence-electron chi connectivity index (χ0n) is 9.72. The summed E-state index contributed by atoms with van der Waals surface area (Å²) in [6.07, 6.45) is 1.38. The summed E-state index contributed by atoms with van der Waals surface area (Å²) in [7, 11) is 0. The molecule has 0 aliphatic heterocycles. The van der Waals surface area contributed by atoms with E-state index in [2.05, 4.69) is 5.32 Å². The van der Waals surface area contributed by atoms with Crippen LogP contribution in [0.1, 0.15) is 18.4 Å². The fourth-order valence-corrected chi connectivity index (χ4v) is 2.06. The van der Waals surface area contributed by atoms with Crippen LogP contribution in [0.3, 0.4) is 0 Å². The Kier molecular flexibility index (Phi) is 3.28. The summed E-state index contributed by atoms with van der Waals surface area (Å²) in [5.41, 5.74) is 1.55. The predicted octanol–water partition coefficient (Wildman–Crippen LogP) is 2.09. The second kappa shape index (κ2) is 4.71. The van der Waals surface area contributed by atoms with Crippen molar-refractivity contribution >= 4 is 11.4 Å². The molecule has 5 nitrogen and oxygen atoms in total. The third kappa shape index (κ3) is 2.74. The standard InChI is InChI=1S/C12H16N2O3/c1-8-2-3-11(12(4-8)14(16)17)13-7-9-5-10(15)6-9/h2-4,9-10,13,15H,5-7H2,1H3. The monoisotopic (exact) mass is 236 g/mol. The second-order valence-corrected chi connectivity index (χ2v) is 4.65. The Morgan fingerprint density at radius 1 is 1.53 bits per heavy atom. The summed E-state index contributed by atoms with van der Waals surface area (Å²) in [6.45, 7) is 2.51. The van der Waals surface area contributed by atoms with E-state index < -0.39 is 0 Å². The number of nitro groups is 1. The number of nitrogens with zero attached hydrogens (tertiary/aromatic N) is 1. The molecule has 0 aromatic heterocycles. The molecule has 5 heteroatoms. The molecule has 0 saturated heterocycles. The molecule has 0 unspecified atom stereocenters. The number of aryl methyl sites for hydroxylation is 1. The number of anilines is 1. The smallest absolute Gasteiger partial charge is 0.292 e. The van der Waals surface area contributed by atoms with Crippen molar-refractivity contribution in [1.29, 1.82) is 0 Å². The molecule has 1 saturated carbocycles. The van der Waals surface area contributed by atoms with Crippen LogP contribution in [-0.2, 0) is 0 Å². The van der Waals surface area contributed by atoms with Crippen molar-refractivity contribution in [2.45, 2.75) is 25.9 Å². The summed E-state index contributed by atoms with van der Waals surface area (Å²) in [5.74, 6) is 0.422. The summed E-state index contributed by atoms with van der Waals surface area (Å²) in [6, 6.07) is 5.16. The van der Waals surface area contributed by atoms with Crippen molar-refractivity contribution in [2.75, 3.05) is 11.9 Å². The Labute approximate surface area is 99.6 Å². The number of nitro benzene ring substituents is 1. The first-order valence-corrected chi connectivity index (χ1v) is 5.73. The van der Waals surface area contributed by atoms with Crippen LogP contribution < -0.4 is 5.32 Å². The third-order valence-electron chi connectivity index (χ3n) is 3.14. The average Bonchev–Trinajstić information content (AvgIpc) is 2.24. The van der Waals surface area contributed by atoms with Gasteiger partial charge in [-0.25, -0.2) is 0 Å². The maximum absolute atomic E-state index is 10.9. The summed E-state index contributed by atoms with van der Waals surface area (Å²) >= 11 is 0. The van der Waals surface area contributed by atoms with Gasteiger partial charge in [0.1, 0.15) is 5.69 Å². The van der Waals surface area contributed by atoms with E-state index in [-0.39, 0.29) is 16.7 Å². The lowest BCUT2D eigenvalue weighted by Crippen LogP contribution is -2.33. The molecule has 92 valence electrons. The van der Waals surface area contributed by atoms with Gasteiger partial charge in [-0.15, -0.1) is 0 Å². The number of aliphatic hydroxyl groups is 1. The SMILES string of the molecule is Cc1ccc(NCC2CC(O)C2)c([N+](=O)[O-])c1. The zero-order chi connectivity index (χ0) is 12.4. The van der Waals surface area contributed by atoms with Crippen LogP contribution in [0.25, 0.3) is 0 Å². The number of rotatable bonds is 4. The molecule has 1 fully saturated rings. The average molecular weight is 236 g/mol. The van der Waals surface area contributed by atoms with Crippen LogP contribution in [0.15, 0.2) is 18.2 Å². The molecular formula is C12H16N2O3. The van der Waals surface area contributed by atoms with Gasteiger partial charge in [0.25, 0.3) is 5.69 Å². The Bertz CT molecular complexity index is 428. The highest BCUT2D eigenvalue weighted by atomic mass is 16.6. The van der Waals surface area contributed by atoms with E-state index in [0.29, 0.717) is 18.2 Å². The first-order chi connectivity index (χ1) is 8.06. The van der Waals surface area contributed by atoms with Crippen molar-refractivity contribution in [1.82, 2.24) is 0 Å². The number of hydrogen-bond donors (Lipinski definition) is 2. The van der Waals surface area contributed by atoms with E-state index in [0.717, 1.165) is 18.4 Å². The van der Waals surface area contributed by atoms with Crippen molar-refractivity contribution in [3.63, 3.8) is 0 Å². The van der Waals surface area contributed by atoms with E-state index >= 15 is 0 Å².